The summed E-state index contributed by atoms with van der Waals surface area (Å²) in [5.74, 6) is 1.57. The van der Waals surface area contributed by atoms with Gasteiger partial charge in [-0.3, -0.25) is 0 Å². The van der Waals surface area contributed by atoms with Crippen molar-refractivity contribution in [2.45, 2.75) is 46.5 Å². The van der Waals surface area contributed by atoms with E-state index in [0.717, 1.165) is 18.3 Å². The average molecular weight is 158 g/mol. The van der Waals surface area contributed by atoms with Crippen LogP contribution in [-0.2, 0) is 0 Å². The molecule has 0 aromatic heterocycles. The first-order valence-corrected chi connectivity index (χ1v) is 4.90. The lowest BCUT2D eigenvalue weighted by Crippen LogP contribution is -2.13. The van der Waals surface area contributed by atoms with Crippen LogP contribution in [-0.4, -0.2) is 11.7 Å². The van der Waals surface area contributed by atoms with E-state index in [9.17, 15) is 0 Å². The molecule has 11 heavy (non-hydrogen) atoms. The molecule has 1 heteroatoms. The third-order valence-corrected chi connectivity index (χ3v) is 2.74. The Morgan fingerprint density at radius 3 is 1.64 bits per heavy atom. The van der Waals surface area contributed by atoms with E-state index < -0.39 is 0 Å². The molecule has 0 fully saturated rings. The summed E-state index contributed by atoms with van der Waals surface area (Å²) in [7, 11) is 0. The minimum Gasteiger partial charge on any atom is -0.396 e. The standard InChI is InChI=1S/C10H22O/c1-4-9(5-2)10(6-3)7-8-11/h9-11H,4-8H2,1-3H3. The van der Waals surface area contributed by atoms with Crippen LogP contribution in [0.1, 0.15) is 46.5 Å². The van der Waals surface area contributed by atoms with Crippen molar-refractivity contribution >= 4 is 0 Å². The highest BCUT2D eigenvalue weighted by atomic mass is 16.3. The fourth-order valence-electron chi connectivity index (χ4n) is 1.89. The number of hydrogen-bond donors (Lipinski definition) is 1. The summed E-state index contributed by atoms with van der Waals surface area (Å²) >= 11 is 0. The lowest BCUT2D eigenvalue weighted by molar-refractivity contribution is 0.207. The van der Waals surface area contributed by atoms with Gasteiger partial charge in [-0.05, 0) is 18.3 Å². The zero-order valence-electron chi connectivity index (χ0n) is 8.14. The lowest BCUT2D eigenvalue weighted by atomic mass is 9.84. The third-order valence-electron chi connectivity index (χ3n) is 2.74. The molecule has 0 saturated carbocycles. The van der Waals surface area contributed by atoms with E-state index in [0.29, 0.717) is 6.61 Å². The Morgan fingerprint density at radius 1 is 0.909 bits per heavy atom. The molecule has 1 N–H and O–H groups in total. The molecule has 0 aliphatic heterocycles. The number of aliphatic hydroxyl groups is 1. The van der Waals surface area contributed by atoms with Gasteiger partial charge in [0.05, 0.1) is 0 Å². The molecule has 0 saturated heterocycles. The molecule has 0 aromatic rings. The van der Waals surface area contributed by atoms with Gasteiger partial charge in [-0.15, -0.1) is 0 Å². The molecule has 0 aromatic carbocycles. The fraction of sp³-hybridized carbons (Fsp3) is 1.00. The number of rotatable bonds is 6. The molecular weight excluding hydrogens is 136 g/mol. The second-order valence-electron chi connectivity index (χ2n) is 3.26. The molecule has 0 aliphatic carbocycles. The van der Waals surface area contributed by atoms with Crippen LogP contribution in [0, 0.1) is 11.8 Å². The minimum absolute atomic E-state index is 0.356. The highest BCUT2D eigenvalue weighted by Crippen LogP contribution is 2.24. The maximum atomic E-state index is 8.81. The first kappa shape index (κ1) is 11.0. The minimum atomic E-state index is 0.356. The Balaban J connectivity index is 3.76. The summed E-state index contributed by atoms with van der Waals surface area (Å²) in [4.78, 5) is 0. The lowest BCUT2D eigenvalue weighted by Gasteiger charge is -2.22. The van der Waals surface area contributed by atoms with Crippen molar-refractivity contribution in [1.29, 1.82) is 0 Å². The van der Waals surface area contributed by atoms with Crippen molar-refractivity contribution in [1.82, 2.24) is 0 Å². The van der Waals surface area contributed by atoms with Crippen LogP contribution in [0.2, 0.25) is 0 Å². The van der Waals surface area contributed by atoms with E-state index in [1.807, 2.05) is 0 Å². The molecular formula is C10H22O. The normalized spacial score (nSPS) is 13.9. The molecule has 68 valence electrons. The van der Waals surface area contributed by atoms with Gasteiger partial charge in [0.15, 0.2) is 0 Å². The van der Waals surface area contributed by atoms with Crippen LogP contribution in [0.4, 0.5) is 0 Å². The molecule has 0 rings (SSSR count). The van der Waals surface area contributed by atoms with Crippen molar-refractivity contribution in [3.05, 3.63) is 0 Å². The van der Waals surface area contributed by atoms with Crippen molar-refractivity contribution in [3.8, 4) is 0 Å². The highest BCUT2D eigenvalue weighted by molar-refractivity contribution is 4.66. The first-order valence-electron chi connectivity index (χ1n) is 4.90. The molecule has 1 atom stereocenters. The molecule has 1 unspecified atom stereocenters. The van der Waals surface area contributed by atoms with Gasteiger partial charge in [0.2, 0.25) is 0 Å². The summed E-state index contributed by atoms with van der Waals surface area (Å²) in [5.41, 5.74) is 0. The predicted octanol–water partition coefficient (Wildman–Crippen LogP) is 2.83. The van der Waals surface area contributed by atoms with Gasteiger partial charge in [-0.2, -0.15) is 0 Å². The average Bonchev–Trinajstić information content (AvgIpc) is 2.05. The molecule has 0 amide bonds. The quantitative estimate of drug-likeness (QED) is 0.630. The first-order chi connectivity index (χ1) is 5.29. The molecule has 0 spiro atoms. The van der Waals surface area contributed by atoms with Crippen LogP contribution in [0.3, 0.4) is 0 Å². The molecule has 0 heterocycles. The van der Waals surface area contributed by atoms with E-state index >= 15 is 0 Å². The monoisotopic (exact) mass is 158 g/mol. The van der Waals surface area contributed by atoms with Gasteiger partial charge < -0.3 is 5.11 Å². The van der Waals surface area contributed by atoms with Crippen LogP contribution in [0.25, 0.3) is 0 Å². The van der Waals surface area contributed by atoms with Gasteiger partial charge in [-0.25, -0.2) is 0 Å². The molecule has 0 bridgehead atoms. The van der Waals surface area contributed by atoms with Gasteiger partial charge in [0.25, 0.3) is 0 Å². The van der Waals surface area contributed by atoms with Crippen molar-refractivity contribution in [3.63, 3.8) is 0 Å². The Hall–Kier alpha value is -0.0400. The smallest absolute Gasteiger partial charge is 0.0433 e. The molecule has 0 aliphatic rings. The summed E-state index contributed by atoms with van der Waals surface area (Å²) < 4.78 is 0. The summed E-state index contributed by atoms with van der Waals surface area (Å²) in [6.45, 7) is 7.07. The van der Waals surface area contributed by atoms with Gasteiger partial charge in [-0.1, -0.05) is 40.0 Å². The van der Waals surface area contributed by atoms with Crippen LogP contribution >= 0.6 is 0 Å². The van der Waals surface area contributed by atoms with E-state index in [4.69, 9.17) is 5.11 Å². The number of aliphatic hydroxyl groups excluding tert-OH is 1. The molecule has 0 radical (unpaired) electrons. The Bertz CT molecular complexity index is 76.9. The van der Waals surface area contributed by atoms with Gasteiger partial charge >= 0.3 is 0 Å². The second-order valence-corrected chi connectivity index (χ2v) is 3.26. The van der Waals surface area contributed by atoms with Crippen LogP contribution in [0.15, 0.2) is 0 Å². The topological polar surface area (TPSA) is 20.2 Å². The van der Waals surface area contributed by atoms with Crippen molar-refractivity contribution in [2.75, 3.05) is 6.61 Å². The Labute approximate surface area is 70.8 Å². The van der Waals surface area contributed by atoms with E-state index in [2.05, 4.69) is 20.8 Å². The summed E-state index contributed by atoms with van der Waals surface area (Å²) in [6.07, 6.45) is 4.72. The van der Waals surface area contributed by atoms with Crippen molar-refractivity contribution in [2.24, 2.45) is 11.8 Å². The SMILES string of the molecule is CCC(CC)C(CC)CCO. The molecule has 1 nitrogen and oxygen atoms in total. The zero-order chi connectivity index (χ0) is 8.69. The van der Waals surface area contributed by atoms with Gasteiger partial charge in [0.1, 0.15) is 0 Å². The number of hydrogen-bond acceptors (Lipinski definition) is 1. The predicted molar refractivity (Wildman–Crippen MR) is 49.6 cm³/mol. The van der Waals surface area contributed by atoms with Gasteiger partial charge in [0, 0.05) is 6.61 Å². The largest absolute Gasteiger partial charge is 0.396 e. The Morgan fingerprint density at radius 2 is 1.36 bits per heavy atom. The second kappa shape index (κ2) is 6.66. The van der Waals surface area contributed by atoms with Crippen LogP contribution < -0.4 is 0 Å². The fourth-order valence-corrected chi connectivity index (χ4v) is 1.89. The van der Waals surface area contributed by atoms with E-state index in [1.54, 1.807) is 0 Å². The Kier molecular flexibility index (Phi) is 6.63. The van der Waals surface area contributed by atoms with Crippen molar-refractivity contribution < 1.29 is 5.11 Å². The summed E-state index contributed by atoms with van der Waals surface area (Å²) in [5, 5.41) is 8.81. The van der Waals surface area contributed by atoms with E-state index in [-0.39, 0.29) is 0 Å². The maximum Gasteiger partial charge on any atom is 0.0433 e. The maximum absolute atomic E-state index is 8.81. The van der Waals surface area contributed by atoms with Crippen LogP contribution in [0.5, 0.6) is 0 Å². The summed E-state index contributed by atoms with van der Waals surface area (Å²) in [6, 6.07) is 0. The zero-order valence-corrected chi connectivity index (χ0v) is 8.14. The highest BCUT2D eigenvalue weighted by Gasteiger charge is 2.15. The van der Waals surface area contributed by atoms with E-state index in [1.165, 1.54) is 19.3 Å². The third kappa shape index (κ3) is 3.76.